The van der Waals surface area contributed by atoms with Gasteiger partial charge >= 0.3 is 0 Å². The van der Waals surface area contributed by atoms with Gasteiger partial charge in [0.05, 0.1) is 56.0 Å². The van der Waals surface area contributed by atoms with Crippen LogP contribution in [-0.4, -0.2) is 13.7 Å². The zero-order valence-electron chi connectivity index (χ0n) is 29.5. The highest BCUT2D eigenvalue weighted by atomic mass is 15.0. The average Bonchev–Trinajstić information content (AvgIpc) is 3.90. The third-order valence-corrected chi connectivity index (χ3v) is 11.1. The zero-order chi connectivity index (χ0) is 36.6. The first-order valence-corrected chi connectivity index (χ1v) is 18.3. The van der Waals surface area contributed by atoms with Crippen LogP contribution < -0.4 is 0 Å². The summed E-state index contributed by atoms with van der Waals surface area (Å²) in [6.07, 6.45) is 0. The second-order valence-electron chi connectivity index (χ2n) is 13.9. The van der Waals surface area contributed by atoms with Crippen LogP contribution in [0, 0.1) is 22.7 Å². The van der Waals surface area contributed by atoms with Gasteiger partial charge in [0.25, 0.3) is 0 Å². The molecule has 8 aromatic carbocycles. The summed E-state index contributed by atoms with van der Waals surface area (Å²) in [5.41, 5.74) is 12.2. The third kappa shape index (κ3) is 4.27. The summed E-state index contributed by atoms with van der Waals surface area (Å²) in [5, 5.41) is 27.7. The molecule has 254 valence electrons. The van der Waals surface area contributed by atoms with E-state index >= 15 is 0 Å². The van der Waals surface area contributed by atoms with Crippen molar-refractivity contribution in [1.82, 2.24) is 13.7 Å². The highest BCUT2D eigenvalue weighted by Gasteiger charge is 2.29. The van der Waals surface area contributed by atoms with Crippen molar-refractivity contribution in [2.75, 3.05) is 0 Å². The molecule has 0 radical (unpaired) electrons. The number of hydrogen-bond acceptors (Lipinski definition) is 2. The Morgan fingerprint density at radius 1 is 0.364 bits per heavy atom. The van der Waals surface area contributed by atoms with Crippen molar-refractivity contribution < 1.29 is 0 Å². The first kappa shape index (κ1) is 30.7. The normalized spacial score (nSPS) is 11.6. The Kier molecular flexibility index (Phi) is 6.61. The standard InChI is InChI=1S/C50H29N5/c51-30-33-15-7-8-20-37(33)32-27-28-34(31-52)44(29-32)55-43-26-14-11-23-40(43)47-49-45(38-21-9-12-24-41(38)53(49)35-16-3-1-4-17-35)48-46(50(47)55)39-22-10-13-25-42(39)54(48)36-18-5-2-6-19-36/h1-29H. The fourth-order valence-electron chi connectivity index (χ4n) is 8.90. The van der Waals surface area contributed by atoms with Crippen LogP contribution in [0.25, 0.3) is 93.6 Å². The second kappa shape index (κ2) is 11.8. The molecule has 3 aromatic heterocycles. The van der Waals surface area contributed by atoms with Gasteiger partial charge in [-0.1, -0.05) is 115 Å². The smallest absolute Gasteiger partial charge is 0.101 e. The summed E-state index contributed by atoms with van der Waals surface area (Å²) < 4.78 is 7.14. The zero-order valence-corrected chi connectivity index (χ0v) is 29.5. The maximum Gasteiger partial charge on any atom is 0.101 e. The van der Waals surface area contributed by atoms with Crippen LogP contribution in [-0.2, 0) is 0 Å². The molecule has 3 heterocycles. The van der Waals surface area contributed by atoms with E-state index in [1.807, 2.05) is 36.4 Å². The molecule has 0 saturated heterocycles. The minimum absolute atomic E-state index is 0.546. The Bertz CT molecular complexity index is 3370. The van der Waals surface area contributed by atoms with Gasteiger partial charge in [0.15, 0.2) is 0 Å². The molecule has 5 heteroatoms. The summed E-state index contributed by atoms with van der Waals surface area (Å²) in [6, 6.07) is 65.7. The van der Waals surface area contributed by atoms with Gasteiger partial charge < -0.3 is 13.7 Å². The van der Waals surface area contributed by atoms with E-state index in [0.717, 1.165) is 88.2 Å². The van der Waals surface area contributed by atoms with Crippen molar-refractivity contribution in [1.29, 1.82) is 10.5 Å². The van der Waals surface area contributed by atoms with E-state index in [4.69, 9.17) is 0 Å². The van der Waals surface area contributed by atoms with Crippen LogP contribution >= 0.6 is 0 Å². The summed E-state index contributed by atoms with van der Waals surface area (Å²) in [6.45, 7) is 0. The molecule has 11 rings (SSSR count). The monoisotopic (exact) mass is 699 g/mol. The molecule has 0 atom stereocenters. The molecule has 0 spiro atoms. The van der Waals surface area contributed by atoms with Gasteiger partial charge in [-0.15, -0.1) is 0 Å². The minimum Gasteiger partial charge on any atom is -0.308 e. The molecule has 0 fully saturated rings. The summed E-state index contributed by atoms with van der Waals surface area (Å²) in [7, 11) is 0. The lowest BCUT2D eigenvalue weighted by Crippen LogP contribution is -2.00. The lowest BCUT2D eigenvalue weighted by Gasteiger charge is -2.15. The third-order valence-electron chi connectivity index (χ3n) is 11.1. The Labute approximate surface area is 316 Å². The molecular formula is C50H29N5. The van der Waals surface area contributed by atoms with Gasteiger partial charge in [-0.3, -0.25) is 0 Å². The predicted molar refractivity (Wildman–Crippen MR) is 224 cm³/mol. The summed E-state index contributed by atoms with van der Waals surface area (Å²) >= 11 is 0. The first-order valence-electron chi connectivity index (χ1n) is 18.3. The highest BCUT2D eigenvalue weighted by molar-refractivity contribution is 6.40. The van der Waals surface area contributed by atoms with Gasteiger partial charge in [-0.2, -0.15) is 10.5 Å². The fourth-order valence-corrected chi connectivity index (χ4v) is 8.90. The van der Waals surface area contributed by atoms with Gasteiger partial charge in [0.1, 0.15) is 6.07 Å². The molecule has 0 aliphatic heterocycles. The molecule has 0 bridgehead atoms. The van der Waals surface area contributed by atoms with Crippen molar-refractivity contribution in [3.8, 4) is 40.3 Å². The Morgan fingerprint density at radius 3 is 1.29 bits per heavy atom. The number of fused-ring (bicyclic) bond motifs is 12. The molecule has 5 nitrogen and oxygen atoms in total. The summed E-state index contributed by atoms with van der Waals surface area (Å²) in [5.74, 6) is 0. The Hall–Kier alpha value is -7.86. The number of rotatable bonds is 4. The molecule has 11 aromatic rings. The number of para-hydroxylation sites is 5. The molecule has 0 unspecified atom stereocenters. The van der Waals surface area contributed by atoms with E-state index in [-0.39, 0.29) is 0 Å². The fraction of sp³-hybridized carbons (Fsp3) is 0. The molecule has 0 amide bonds. The number of benzene rings is 8. The van der Waals surface area contributed by atoms with Crippen LogP contribution in [0.15, 0.2) is 176 Å². The molecule has 0 saturated carbocycles. The highest BCUT2D eigenvalue weighted by Crippen LogP contribution is 2.50. The number of nitriles is 2. The van der Waals surface area contributed by atoms with Crippen molar-refractivity contribution in [3.63, 3.8) is 0 Å². The SMILES string of the molecule is N#Cc1ccccc1-c1ccc(C#N)c(-n2c3ccccc3c3c4c(c5ccccc5n4-c4ccccc4)c4c(c5ccccc5n4-c4ccccc4)c32)c1. The van der Waals surface area contributed by atoms with Crippen LogP contribution in [0.2, 0.25) is 0 Å². The molecular weight excluding hydrogens is 671 g/mol. The van der Waals surface area contributed by atoms with Gasteiger partial charge in [0, 0.05) is 43.7 Å². The maximum atomic E-state index is 10.8. The molecule has 55 heavy (non-hydrogen) atoms. The molecule has 0 N–H and O–H groups in total. The number of aromatic nitrogens is 3. The lowest BCUT2D eigenvalue weighted by molar-refractivity contribution is 1.16. The van der Waals surface area contributed by atoms with E-state index in [1.54, 1.807) is 0 Å². The van der Waals surface area contributed by atoms with Crippen LogP contribution in [0.1, 0.15) is 11.1 Å². The van der Waals surface area contributed by atoms with Crippen LogP contribution in [0.4, 0.5) is 0 Å². The van der Waals surface area contributed by atoms with Gasteiger partial charge in [0.2, 0.25) is 0 Å². The second-order valence-corrected chi connectivity index (χ2v) is 13.9. The first-order chi connectivity index (χ1) is 27.3. The van der Waals surface area contributed by atoms with E-state index in [0.29, 0.717) is 11.1 Å². The van der Waals surface area contributed by atoms with Gasteiger partial charge in [-0.05, 0) is 71.8 Å². The Balaban J connectivity index is 1.47. The van der Waals surface area contributed by atoms with E-state index in [9.17, 15) is 10.5 Å². The number of nitrogens with zero attached hydrogens (tertiary/aromatic N) is 5. The average molecular weight is 700 g/mol. The topological polar surface area (TPSA) is 62.4 Å². The largest absolute Gasteiger partial charge is 0.308 e. The van der Waals surface area contributed by atoms with Crippen molar-refractivity contribution in [2.45, 2.75) is 0 Å². The molecule has 0 aliphatic rings. The molecule has 0 aliphatic carbocycles. The van der Waals surface area contributed by atoms with Crippen molar-refractivity contribution in [2.24, 2.45) is 0 Å². The summed E-state index contributed by atoms with van der Waals surface area (Å²) in [4.78, 5) is 0. The Morgan fingerprint density at radius 2 is 0.782 bits per heavy atom. The van der Waals surface area contributed by atoms with Crippen molar-refractivity contribution in [3.05, 3.63) is 187 Å². The van der Waals surface area contributed by atoms with E-state index < -0.39 is 0 Å². The van der Waals surface area contributed by atoms with Gasteiger partial charge in [-0.25, -0.2) is 0 Å². The van der Waals surface area contributed by atoms with Crippen LogP contribution in [0.5, 0.6) is 0 Å². The predicted octanol–water partition coefficient (Wildman–Crippen LogP) is 12.4. The van der Waals surface area contributed by atoms with E-state index in [1.165, 1.54) is 5.39 Å². The van der Waals surface area contributed by atoms with Crippen molar-refractivity contribution >= 4 is 65.4 Å². The number of hydrogen-bond donors (Lipinski definition) is 0. The quantitative estimate of drug-likeness (QED) is 0.184. The van der Waals surface area contributed by atoms with E-state index in [2.05, 4.69) is 165 Å². The lowest BCUT2D eigenvalue weighted by atomic mass is 9.98. The van der Waals surface area contributed by atoms with Crippen LogP contribution in [0.3, 0.4) is 0 Å². The maximum absolute atomic E-state index is 10.8. The minimum atomic E-state index is 0.546.